The van der Waals surface area contributed by atoms with E-state index >= 15 is 0 Å². The third-order valence-corrected chi connectivity index (χ3v) is 9.63. The fraction of sp³-hybridized carbons (Fsp3) is 1.00. The highest BCUT2D eigenvalue weighted by molar-refractivity contribution is 4.93. The zero-order chi connectivity index (χ0) is 28.1. The van der Waals surface area contributed by atoms with Crippen LogP contribution in [0.1, 0.15) is 83.1 Å². The maximum absolute atomic E-state index is 11.6. The van der Waals surface area contributed by atoms with Gasteiger partial charge in [-0.2, -0.15) is 0 Å². The van der Waals surface area contributed by atoms with Crippen LogP contribution in [0.25, 0.3) is 0 Å². The van der Waals surface area contributed by atoms with Crippen molar-refractivity contribution in [1.82, 2.24) is 14.7 Å². The highest BCUT2D eigenvalue weighted by Gasteiger charge is 2.40. The Hall–Kier alpha value is -0.240. The molecule has 36 heavy (non-hydrogen) atoms. The van der Waals surface area contributed by atoms with Gasteiger partial charge in [-0.05, 0) is 35.5 Å². The average Bonchev–Trinajstić information content (AvgIpc) is 2.84. The van der Waals surface area contributed by atoms with Crippen molar-refractivity contribution in [3.63, 3.8) is 0 Å². The van der Waals surface area contributed by atoms with E-state index in [2.05, 4.69) is 97.8 Å². The van der Waals surface area contributed by atoms with Gasteiger partial charge in [-0.25, -0.2) is 0 Å². The fourth-order valence-electron chi connectivity index (χ4n) is 5.83. The van der Waals surface area contributed by atoms with Crippen LogP contribution in [0, 0.1) is 35.5 Å². The average molecular weight is 514 g/mol. The summed E-state index contributed by atoms with van der Waals surface area (Å²) in [5.41, 5.74) is -2.26. The third-order valence-electron chi connectivity index (χ3n) is 9.63. The van der Waals surface area contributed by atoms with Gasteiger partial charge >= 0.3 is 0 Å². The predicted octanol–water partition coefficient (Wildman–Crippen LogP) is 4.04. The first kappa shape index (κ1) is 33.8. The summed E-state index contributed by atoms with van der Waals surface area (Å²) in [7, 11) is 0. The first-order chi connectivity index (χ1) is 16.4. The molecular formula is C30H63N3O3. The lowest BCUT2D eigenvalue weighted by Crippen LogP contribution is -2.54. The largest absolute Gasteiger partial charge is 0.388 e. The lowest BCUT2D eigenvalue weighted by Gasteiger charge is -2.42. The van der Waals surface area contributed by atoms with Crippen molar-refractivity contribution in [3.8, 4) is 0 Å². The first-order valence-corrected chi connectivity index (χ1v) is 14.7. The van der Waals surface area contributed by atoms with Crippen LogP contribution >= 0.6 is 0 Å². The lowest BCUT2D eigenvalue weighted by molar-refractivity contribution is -0.0791. The zero-order valence-electron chi connectivity index (χ0n) is 26.0. The predicted molar refractivity (Wildman–Crippen MR) is 153 cm³/mol. The van der Waals surface area contributed by atoms with Crippen molar-refractivity contribution in [2.24, 2.45) is 35.5 Å². The van der Waals surface area contributed by atoms with Crippen LogP contribution in [0.2, 0.25) is 0 Å². The second-order valence-corrected chi connectivity index (χ2v) is 13.7. The van der Waals surface area contributed by atoms with Crippen LogP contribution < -0.4 is 0 Å². The third kappa shape index (κ3) is 8.38. The summed E-state index contributed by atoms with van der Waals surface area (Å²) in [6, 6.07) is 0. The quantitative estimate of drug-likeness (QED) is 0.366. The minimum atomic E-state index is -0.753. The Morgan fingerprint density at radius 2 is 0.528 bits per heavy atom. The van der Waals surface area contributed by atoms with E-state index in [9.17, 15) is 15.3 Å². The maximum Gasteiger partial charge on any atom is 0.0819 e. The molecule has 0 aliphatic carbocycles. The van der Waals surface area contributed by atoms with Crippen LogP contribution in [0.4, 0.5) is 0 Å². The molecule has 1 fully saturated rings. The number of nitrogens with zero attached hydrogens (tertiary/aromatic N) is 3. The highest BCUT2D eigenvalue weighted by atomic mass is 16.3. The van der Waals surface area contributed by atoms with Gasteiger partial charge in [0.15, 0.2) is 0 Å². The van der Waals surface area contributed by atoms with E-state index in [1.807, 2.05) is 0 Å². The summed E-state index contributed by atoms with van der Waals surface area (Å²) in [5, 5.41) is 34.8. The van der Waals surface area contributed by atoms with Gasteiger partial charge in [-0.1, -0.05) is 83.1 Å². The highest BCUT2D eigenvalue weighted by Crippen LogP contribution is 2.30. The van der Waals surface area contributed by atoms with Crippen molar-refractivity contribution in [2.75, 3.05) is 58.9 Å². The number of hydrogen-bond donors (Lipinski definition) is 3. The van der Waals surface area contributed by atoms with Crippen molar-refractivity contribution < 1.29 is 15.3 Å². The van der Waals surface area contributed by atoms with Crippen LogP contribution in [0.5, 0.6) is 0 Å². The molecule has 6 heteroatoms. The van der Waals surface area contributed by atoms with E-state index in [-0.39, 0.29) is 35.5 Å². The topological polar surface area (TPSA) is 70.4 Å². The number of rotatable bonds is 12. The molecule has 1 aliphatic rings. The Kier molecular flexibility index (Phi) is 12.9. The summed E-state index contributed by atoms with van der Waals surface area (Å²) in [4.78, 5) is 7.25. The van der Waals surface area contributed by atoms with Gasteiger partial charge in [0.2, 0.25) is 0 Å². The molecule has 1 rings (SSSR count). The van der Waals surface area contributed by atoms with Gasteiger partial charge in [-0.15, -0.1) is 0 Å². The molecule has 0 saturated carbocycles. The van der Waals surface area contributed by atoms with Gasteiger partial charge in [-0.3, -0.25) is 14.7 Å². The SMILES string of the molecule is CC(C)C(O)(CN1CCN(CC(O)(C(C)C)C(C)C)CCN(CC(O)(C(C)C)C(C)C)CC1)C(C)C. The Morgan fingerprint density at radius 3 is 0.639 bits per heavy atom. The molecule has 1 aliphatic heterocycles. The molecule has 216 valence electrons. The molecular weight excluding hydrogens is 450 g/mol. The molecule has 0 bridgehead atoms. The minimum Gasteiger partial charge on any atom is -0.388 e. The molecule has 0 aromatic heterocycles. The molecule has 0 aromatic carbocycles. The number of β-amino-alcohol motifs (C(OH)–C–C–N with tert-alkyl or cyclic N) is 3. The van der Waals surface area contributed by atoms with Gasteiger partial charge in [0.25, 0.3) is 0 Å². The molecule has 0 radical (unpaired) electrons. The summed E-state index contributed by atoms with van der Waals surface area (Å²) in [6.07, 6.45) is 0. The fourth-order valence-corrected chi connectivity index (χ4v) is 5.83. The second-order valence-electron chi connectivity index (χ2n) is 13.7. The molecule has 0 atom stereocenters. The number of aliphatic hydroxyl groups is 3. The summed E-state index contributed by atoms with van der Waals surface area (Å²) in [6.45, 7) is 32.5. The van der Waals surface area contributed by atoms with Crippen LogP contribution in [0.15, 0.2) is 0 Å². The standard InChI is InChI=1S/C30H63N3O3/c1-22(2)28(34,23(3)4)19-31-13-15-32(20-29(35,24(5)6)25(7)8)17-18-33(16-14-31)21-30(36,26(9)10)27(11)12/h22-27,34-36H,13-21H2,1-12H3. The molecule has 0 amide bonds. The minimum absolute atomic E-state index is 0.163. The number of hydrogen-bond acceptors (Lipinski definition) is 6. The molecule has 1 saturated heterocycles. The van der Waals surface area contributed by atoms with Crippen molar-refractivity contribution in [1.29, 1.82) is 0 Å². The van der Waals surface area contributed by atoms with Crippen LogP contribution in [0.3, 0.4) is 0 Å². The molecule has 6 nitrogen and oxygen atoms in total. The van der Waals surface area contributed by atoms with Crippen molar-refractivity contribution >= 4 is 0 Å². The van der Waals surface area contributed by atoms with Crippen molar-refractivity contribution in [2.45, 2.75) is 99.9 Å². The Bertz CT molecular complexity index is 511. The Balaban J connectivity index is 3.26. The Morgan fingerprint density at radius 1 is 0.389 bits per heavy atom. The maximum atomic E-state index is 11.6. The second kappa shape index (κ2) is 13.7. The summed E-state index contributed by atoms with van der Waals surface area (Å²) >= 11 is 0. The van der Waals surface area contributed by atoms with Crippen LogP contribution in [-0.4, -0.2) is 106 Å². The van der Waals surface area contributed by atoms with Gasteiger partial charge in [0.05, 0.1) is 16.8 Å². The van der Waals surface area contributed by atoms with E-state index in [4.69, 9.17) is 0 Å². The molecule has 0 aromatic rings. The van der Waals surface area contributed by atoms with E-state index in [0.717, 1.165) is 39.3 Å². The van der Waals surface area contributed by atoms with Gasteiger partial charge < -0.3 is 15.3 Å². The summed E-state index contributed by atoms with van der Waals surface area (Å²) in [5.74, 6) is 0.979. The van der Waals surface area contributed by atoms with Crippen LogP contribution in [-0.2, 0) is 0 Å². The van der Waals surface area contributed by atoms with Gasteiger partial charge in [0, 0.05) is 58.9 Å². The monoisotopic (exact) mass is 513 g/mol. The van der Waals surface area contributed by atoms with E-state index in [1.165, 1.54) is 0 Å². The van der Waals surface area contributed by atoms with Crippen molar-refractivity contribution in [3.05, 3.63) is 0 Å². The Labute approximate surface area is 224 Å². The smallest absolute Gasteiger partial charge is 0.0819 e. The van der Waals surface area contributed by atoms with Gasteiger partial charge in [0.1, 0.15) is 0 Å². The molecule has 1 heterocycles. The van der Waals surface area contributed by atoms with E-state index in [1.54, 1.807) is 0 Å². The lowest BCUT2D eigenvalue weighted by atomic mass is 9.79. The molecule has 0 unspecified atom stereocenters. The molecule has 3 N–H and O–H groups in total. The molecule has 0 spiro atoms. The summed E-state index contributed by atoms with van der Waals surface area (Å²) < 4.78 is 0. The zero-order valence-corrected chi connectivity index (χ0v) is 26.0. The normalized spacial score (nSPS) is 19.2. The first-order valence-electron chi connectivity index (χ1n) is 14.7. The van der Waals surface area contributed by atoms with E-state index < -0.39 is 16.8 Å². The van der Waals surface area contributed by atoms with E-state index in [0.29, 0.717) is 19.6 Å².